The summed E-state index contributed by atoms with van der Waals surface area (Å²) in [6.07, 6.45) is -0.619. The molecule has 0 unspecified atom stereocenters. The van der Waals surface area contributed by atoms with E-state index in [1.54, 1.807) is 25.1 Å². The Morgan fingerprint density at radius 2 is 2.11 bits per heavy atom. The van der Waals surface area contributed by atoms with Gasteiger partial charge in [-0.2, -0.15) is 0 Å². The predicted molar refractivity (Wildman–Crippen MR) is 65.1 cm³/mol. The first-order valence-electron chi connectivity index (χ1n) is 5.47. The number of aliphatic hydroxyl groups excluding tert-OH is 1. The molecule has 2 amide bonds. The van der Waals surface area contributed by atoms with Crippen LogP contribution in [0, 0.1) is 0 Å². The van der Waals surface area contributed by atoms with Crippen LogP contribution in [-0.2, 0) is 4.79 Å². The van der Waals surface area contributed by atoms with Crippen molar-refractivity contribution < 1.29 is 19.4 Å². The van der Waals surface area contributed by atoms with Crippen molar-refractivity contribution in [1.82, 2.24) is 5.32 Å². The number of carbonyl (C=O) groups is 2. The molecule has 0 heterocycles. The molecular weight excluding hydrogens is 236 g/mol. The predicted octanol–water partition coefficient (Wildman–Crippen LogP) is -0.339. The smallest absolute Gasteiger partial charge is 0.258 e. The number of carbonyl (C=O) groups excluding carboxylic acids is 2. The Kier molecular flexibility index (Phi) is 5.13. The molecule has 1 aromatic rings. The van der Waals surface area contributed by atoms with Gasteiger partial charge in [0, 0.05) is 6.54 Å². The first kappa shape index (κ1) is 14.0. The van der Waals surface area contributed by atoms with Crippen molar-refractivity contribution in [2.75, 3.05) is 13.2 Å². The topological polar surface area (TPSA) is 102 Å². The molecule has 0 spiro atoms. The number of ether oxygens (including phenoxy) is 1. The Hall–Kier alpha value is -2.08. The van der Waals surface area contributed by atoms with Gasteiger partial charge in [0.2, 0.25) is 0 Å². The molecule has 18 heavy (non-hydrogen) atoms. The maximum Gasteiger partial charge on any atom is 0.258 e. The van der Waals surface area contributed by atoms with Crippen LogP contribution in [0.25, 0.3) is 0 Å². The van der Waals surface area contributed by atoms with E-state index in [-0.39, 0.29) is 30.4 Å². The summed E-state index contributed by atoms with van der Waals surface area (Å²) in [5, 5.41) is 11.5. The van der Waals surface area contributed by atoms with Crippen LogP contribution < -0.4 is 15.8 Å². The largest absolute Gasteiger partial charge is 0.483 e. The van der Waals surface area contributed by atoms with Crippen LogP contribution in [0.15, 0.2) is 24.3 Å². The lowest BCUT2D eigenvalue weighted by Gasteiger charge is -2.10. The molecular formula is C12H16N2O4. The Bertz CT molecular complexity index is 432. The van der Waals surface area contributed by atoms with E-state index < -0.39 is 12.0 Å². The highest BCUT2D eigenvalue weighted by Crippen LogP contribution is 2.16. The zero-order valence-electron chi connectivity index (χ0n) is 10.1. The number of amides is 2. The number of nitrogens with one attached hydrogen (secondary N) is 1. The number of benzene rings is 1. The maximum absolute atomic E-state index is 11.3. The summed E-state index contributed by atoms with van der Waals surface area (Å²) in [7, 11) is 0. The summed E-state index contributed by atoms with van der Waals surface area (Å²) in [4.78, 5) is 22.4. The summed E-state index contributed by atoms with van der Waals surface area (Å²) >= 11 is 0. The monoisotopic (exact) mass is 252 g/mol. The average molecular weight is 252 g/mol. The Morgan fingerprint density at radius 1 is 1.44 bits per heavy atom. The van der Waals surface area contributed by atoms with Crippen molar-refractivity contribution in [3.05, 3.63) is 29.8 Å². The second-order valence-electron chi connectivity index (χ2n) is 3.80. The van der Waals surface area contributed by atoms with E-state index in [0.29, 0.717) is 0 Å². The highest BCUT2D eigenvalue weighted by Gasteiger charge is 2.10. The van der Waals surface area contributed by atoms with E-state index >= 15 is 0 Å². The SMILES string of the molecule is C[C@@H](O)CNC(=O)COc1ccccc1C(N)=O. The van der Waals surface area contributed by atoms with Gasteiger partial charge in [-0.15, -0.1) is 0 Å². The normalized spacial score (nSPS) is 11.7. The van der Waals surface area contributed by atoms with Crippen molar-refractivity contribution in [2.45, 2.75) is 13.0 Å². The number of hydrogen-bond donors (Lipinski definition) is 3. The van der Waals surface area contributed by atoms with Crippen LogP contribution in [0.3, 0.4) is 0 Å². The van der Waals surface area contributed by atoms with Crippen LogP contribution in [0.2, 0.25) is 0 Å². The molecule has 98 valence electrons. The van der Waals surface area contributed by atoms with E-state index in [1.165, 1.54) is 6.07 Å². The maximum atomic E-state index is 11.3. The molecule has 0 aliphatic heterocycles. The van der Waals surface area contributed by atoms with E-state index in [0.717, 1.165) is 0 Å². The fraction of sp³-hybridized carbons (Fsp3) is 0.333. The average Bonchev–Trinajstić information content (AvgIpc) is 2.34. The second-order valence-corrected chi connectivity index (χ2v) is 3.80. The molecule has 0 saturated heterocycles. The summed E-state index contributed by atoms with van der Waals surface area (Å²) in [6.45, 7) is 1.47. The zero-order valence-corrected chi connectivity index (χ0v) is 10.1. The third kappa shape index (κ3) is 4.42. The van der Waals surface area contributed by atoms with Gasteiger partial charge >= 0.3 is 0 Å². The van der Waals surface area contributed by atoms with Crippen molar-refractivity contribution >= 4 is 11.8 Å². The lowest BCUT2D eigenvalue weighted by Crippen LogP contribution is -2.34. The standard InChI is InChI=1S/C12H16N2O4/c1-8(15)6-14-11(16)7-18-10-5-3-2-4-9(10)12(13)17/h2-5,8,15H,6-7H2,1H3,(H2,13,17)(H,14,16)/t8-/m1/s1. The molecule has 1 aromatic carbocycles. The van der Waals surface area contributed by atoms with Crippen LogP contribution in [-0.4, -0.2) is 36.2 Å². The molecule has 6 heteroatoms. The van der Waals surface area contributed by atoms with Gasteiger partial charge in [-0.1, -0.05) is 12.1 Å². The van der Waals surface area contributed by atoms with Crippen LogP contribution in [0.5, 0.6) is 5.75 Å². The van der Waals surface area contributed by atoms with Crippen LogP contribution >= 0.6 is 0 Å². The number of hydrogen-bond acceptors (Lipinski definition) is 4. The first-order valence-corrected chi connectivity index (χ1v) is 5.47. The first-order chi connectivity index (χ1) is 8.50. The van der Waals surface area contributed by atoms with Gasteiger partial charge in [0.15, 0.2) is 6.61 Å². The number of nitrogens with two attached hydrogens (primary N) is 1. The van der Waals surface area contributed by atoms with Crippen molar-refractivity contribution in [2.24, 2.45) is 5.73 Å². The summed E-state index contributed by atoms with van der Waals surface area (Å²) in [5.41, 5.74) is 5.39. The molecule has 1 atom stereocenters. The minimum Gasteiger partial charge on any atom is -0.483 e. The molecule has 0 aliphatic rings. The number of primary amides is 1. The van der Waals surface area contributed by atoms with Gasteiger partial charge in [-0.3, -0.25) is 9.59 Å². The zero-order chi connectivity index (χ0) is 13.5. The molecule has 0 radical (unpaired) electrons. The van der Waals surface area contributed by atoms with E-state index in [1.807, 2.05) is 0 Å². The molecule has 0 fully saturated rings. The fourth-order valence-electron chi connectivity index (χ4n) is 1.25. The van der Waals surface area contributed by atoms with Gasteiger partial charge in [0.1, 0.15) is 5.75 Å². The Labute approximate surface area is 105 Å². The van der Waals surface area contributed by atoms with Gasteiger partial charge in [-0.05, 0) is 19.1 Å². The molecule has 0 bridgehead atoms. The molecule has 4 N–H and O–H groups in total. The fourth-order valence-corrected chi connectivity index (χ4v) is 1.25. The second kappa shape index (κ2) is 6.61. The minimum atomic E-state index is -0.619. The van der Waals surface area contributed by atoms with Crippen LogP contribution in [0.1, 0.15) is 17.3 Å². The van der Waals surface area contributed by atoms with Gasteiger partial charge < -0.3 is 20.9 Å². The van der Waals surface area contributed by atoms with Crippen molar-refractivity contribution in [1.29, 1.82) is 0 Å². The highest BCUT2D eigenvalue weighted by atomic mass is 16.5. The summed E-state index contributed by atoms with van der Waals surface area (Å²) in [5.74, 6) is -0.734. The quantitative estimate of drug-likeness (QED) is 0.644. The highest BCUT2D eigenvalue weighted by molar-refractivity contribution is 5.95. The number of aliphatic hydroxyl groups is 1. The van der Waals surface area contributed by atoms with Crippen molar-refractivity contribution in [3.8, 4) is 5.75 Å². The van der Waals surface area contributed by atoms with E-state index in [2.05, 4.69) is 5.32 Å². The summed E-state index contributed by atoms with van der Waals surface area (Å²) in [6, 6.07) is 6.41. The molecule has 0 aromatic heterocycles. The van der Waals surface area contributed by atoms with Gasteiger partial charge in [0.25, 0.3) is 11.8 Å². The molecule has 0 aliphatic carbocycles. The molecule has 1 rings (SSSR count). The minimum absolute atomic E-state index is 0.152. The van der Waals surface area contributed by atoms with E-state index in [4.69, 9.17) is 15.6 Å². The van der Waals surface area contributed by atoms with Crippen LogP contribution in [0.4, 0.5) is 0 Å². The number of para-hydroxylation sites is 1. The lowest BCUT2D eigenvalue weighted by molar-refractivity contribution is -0.123. The number of rotatable bonds is 6. The van der Waals surface area contributed by atoms with Gasteiger partial charge in [-0.25, -0.2) is 0 Å². The lowest BCUT2D eigenvalue weighted by atomic mass is 10.2. The Morgan fingerprint density at radius 3 is 2.72 bits per heavy atom. The molecule has 6 nitrogen and oxygen atoms in total. The van der Waals surface area contributed by atoms with Crippen molar-refractivity contribution in [3.63, 3.8) is 0 Å². The van der Waals surface area contributed by atoms with E-state index in [9.17, 15) is 9.59 Å². The third-order valence-corrected chi connectivity index (χ3v) is 2.11. The molecule has 0 saturated carbocycles. The third-order valence-electron chi connectivity index (χ3n) is 2.11. The summed E-state index contributed by atoms with van der Waals surface area (Å²) < 4.78 is 5.20. The van der Waals surface area contributed by atoms with Gasteiger partial charge in [0.05, 0.1) is 11.7 Å². The Balaban J connectivity index is 2.53.